The van der Waals surface area contributed by atoms with Gasteiger partial charge in [0.2, 0.25) is 0 Å². The Kier molecular flexibility index (Phi) is 6.68. The first-order valence-corrected chi connectivity index (χ1v) is 10.8. The number of allylic oxidation sites excluding steroid dienone is 1. The summed E-state index contributed by atoms with van der Waals surface area (Å²) in [6, 6.07) is 7.42. The first-order chi connectivity index (χ1) is 14.6. The van der Waals surface area contributed by atoms with E-state index >= 15 is 0 Å². The van der Waals surface area contributed by atoms with Crippen LogP contribution in [0.15, 0.2) is 41.1 Å². The topological polar surface area (TPSA) is 51.5 Å². The van der Waals surface area contributed by atoms with Gasteiger partial charge in [0, 0.05) is 29.3 Å². The fraction of sp³-hybridized carbons (Fsp3) is 0.333. The molecule has 0 unspecified atom stereocenters. The normalized spacial score (nSPS) is 15.6. The van der Waals surface area contributed by atoms with Gasteiger partial charge in [0.25, 0.3) is 5.91 Å². The molecule has 0 fully saturated rings. The van der Waals surface area contributed by atoms with Crippen molar-refractivity contribution in [2.24, 2.45) is 5.92 Å². The number of ether oxygens (including phenoxy) is 1. The van der Waals surface area contributed by atoms with Gasteiger partial charge in [-0.25, -0.2) is 4.79 Å². The predicted molar refractivity (Wildman–Crippen MR) is 125 cm³/mol. The Labute approximate surface area is 192 Å². The molecule has 31 heavy (non-hydrogen) atoms. The summed E-state index contributed by atoms with van der Waals surface area (Å²) in [5, 5.41) is 0.953. The minimum atomic E-state index is -0.512. The number of benzene rings is 1. The third-order valence-corrected chi connectivity index (χ3v) is 6.12. The molecule has 1 amide bonds. The Morgan fingerprint density at radius 2 is 1.81 bits per heavy atom. The Bertz CT molecular complexity index is 1130. The number of carbonyl (C=O) groups excluding carboxylic acids is 2. The molecule has 7 heteroatoms. The second-order valence-electron chi connectivity index (χ2n) is 8.08. The summed E-state index contributed by atoms with van der Waals surface area (Å²) in [5.41, 5.74) is 4.87. The third kappa shape index (κ3) is 4.30. The highest BCUT2D eigenvalue weighted by Crippen LogP contribution is 2.34. The van der Waals surface area contributed by atoms with E-state index in [-0.39, 0.29) is 11.8 Å². The molecule has 1 aliphatic rings. The van der Waals surface area contributed by atoms with E-state index < -0.39 is 5.97 Å². The van der Waals surface area contributed by atoms with E-state index in [0.717, 1.165) is 22.6 Å². The van der Waals surface area contributed by atoms with E-state index in [4.69, 9.17) is 27.9 Å². The van der Waals surface area contributed by atoms with Crippen LogP contribution in [0.25, 0.3) is 11.8 Å². The van der Waals surface area contributed by atoms with Gasteiger partial charge in [-0.1, -0.05) is 37.0 Å². The lowest BCUT2D eigenvalue weighted by Crippen LogP contribution is -2.28. The Balaban J connectivity index is 2.13. The molecule has 2 heterocycles. The summed E-state index contributed by atoms with van der Waals surface area (Å²) in [5.74, 6) is -0.440. The molecule has 1 aromatic carbocycles. The molecule has 5 nitrogen and oxygen atoms in total. The zero-order chi connectivity index (χ0) is 23.0. The number of amides is 1. The number of carbonyl (C=O) groups is 2. The van der Waals surface area contributed by atoms with Crippen LogP contribution in [0.2, 0.25) is 10.0 Å². The van der Waals surface area contributed by atoms with E-state index in [0.29, 0.717) is 33.4 Å². The van der Waals surface area contributed by atoms with Crippen molar-refractivity contribution in [3.05, 3.63) is 68.1 Å². The van der Waals surface area contributed by atoms with Crippen LogP contribution >= 0.6 is 23.2 Å². The standard InChI is InChI=1S/C24H26Cl2N2O3/c1-13(2)12-27-16(5)22(24(30)31-6)19(23(27)29)10-17-9-14(3)28(15(17)4)18-7-8-20(25)21(26)11-18/h7-11,13H,12H2,1-6H3/b19-10-. The molecule has 1 aliphatic heterocycles. The minimum Gasteiger partial charge on any atom is -0.465 e. The van der Waals surface area contributed by atoms with Crippen LogP contribution in [0.4, 0.5) is 0 Å². The van der Waals surface area contributed by atoms with Crippen molar-refractivity contribution in [2.45, 2.75) is 34.6 Å². The quantitative estimate of drug-likeness (QED) is 0.422. The number of rotatable bonds is 5. The van der Waals surface area contributed by atoms with Crippen LogP contribution in [0, 0.1) is 19.8 Å². The molecule has 0 bridgehead atoms. The molecule has 2 aromatic rings. The van der Waals surface area contributed by atoms with Crippen molar-refractivity contribution in [1.29, 1.82) is 0 Å². The smallest absolute Gasteiger partial charge is 0.340 e. The SMILES string of the molecule is COC(=O)C1=C(C)N(CC(C)C)C(=O)/C1=C\c1cc(C)n(-c2ccc(Cl)c(Cl)c2)c1C. The lowest BCUT2D eigenvalue weighted by molar-refractivity contribution is -0.136. The molecular weight excluding hydrogens is 435 g/mol. The van der Waals surface area contributed by atoms with Crippen molar-refractivity contribution in [1.82, 2.24) is 9.47 Å². The summed E-state index contributed by atoms with van der Waals surface area (Å²) >= 11 is 12.3. The number of halogens is 2. The van der Waals surface area contributed by atoms with Gasteiger partial charge in [-0.05, 0) is 62.6 Å². The number of aromatic nitrogens is 1. The largest absolute Gasteiger partial charge is 0.465 e. The van der Waals surface area contributed by atoms with E-state index in [1.807, 2.05) is 44.4 Å². The molecule has 1 aromatic heterocycles. The van der Waals surface area contributed by atoms with Gasteiger partial charge in [0.15, 0.2) is 0 Å². The van der Waals surface area contributed by atoms with Gasteiger partial charge in [-0.3, -0.25) is 4.79 Å². The third-order valence-electron chi connectivity index (χ3n) is 5.38. The van der Waals surface area contributed by atoms with Crippen molar-refractivity contribution in [2.75, 3.05) is 13.7 Å². The highest BCUT2D eigenvalue weighted by Gasteiger charge is 2.37. The Hall–Kier alpha value is -2.50. The first kappa shape index (κ1) is 23.2. The van der Waals surface area contributed by atoms with E-state index in [1.165, 1.54) is 7.11 Å². The highest BCUT2D eigenvalue weighted by molar-refractivity contribution is 6.42. The molecule has 0 saturated heterocycles. The lowest BCUT2D eigenvalue weighted by atomic mass is 10.0. The van der Waals surface area contributed by atoms with E-state index in [1.54, 1.807) is 30.0 Å². The van der Waals surface area contributed by atoms with Gasteiger partial charge >= 0.3 is 5.97 Å². The Morgan fingerprint density at radius 3 is 2.39 bits per heavy atom. The highest BCUT2D eigenvalue weighted by atomic mass is 35.5. The van der Waals surface area contributed by atoms with E-state index in [2.05, 4.69) is 0 Å². The molecular formula is C24H26Cl2N2O3. The summed E-state index contributed by atoms with van der Waals surface area (Å²) in [7, 11) is 1.33. The predicted octanol–water partition coefficient (Wildman–Crippen LogP) is 5.73. The number of hydrogen-bond acceptors (Lipinski definition) is 3. The van der Waals surface area contributed by atoms with Crippen molar-refractivity contribution < 1.29 is 14.3 Å². The molecule has 0 spiro atoms. The van der Waals surface area contributed by atoms with Crippen molar-refractivity contribution in [3.8, 4) is 5.69 Å². The Morgan fingerprint density at radius 1 is 1.13 bits per heavy atom. The van der Waals surface area contributed by atoms with Crippen LogP contribution in [0.5, 0.6) is 0 Å². The number of methoxy groups -OCH3 is 1. The average Bonchev–Trinajstić information content (AvgIpc) is 3.11. The number of aryl methyl sites for hydroxylation is 1. The fourth-order valence-corrected chi connectivity index (χ4v) is 4.22. The summed E-state index contributed by atoms with van der Waals surface area (Å²) in [6.45, 7) is 10.3. The molecule has 164 valence electrons. The van der Waals surface area contributed by atoms with Gasteiger partial charge < -0.3 is 14.2 Å². The monoisotopic (exact) mass is 460 g/mol. The van der Waals surface area contributed by atoms with Crippen LogP contribution in [-0.4, -0.2) is 35.0 Å². The lowest BCUT2D eigenvalue weighted by Gasteiger charge is -2.19. The summed E-state index contributed by atoms with van der Waals surface area (Å²) in [4.78, 5) is 27.4. The van der Waals surface area contributed by atoms with Gasteiger partial charge in [-0.2, -0.15) is 0 Å². The van der Waals surface area contributed by atoms with Crippen LogP contribution in [-0.2, 0) is 14.3 Å². The fourth-order valence-electron chi connectivity index (χ4n) is 3.92. The van der Waals surface area contributed by atoms with Crippen LogP contribution in [0.1, 0.15) is 37.7 Å². The van der Waals surface area contributed by atoms with Crippen LogP contribution < -0.4 is 0 Å². The zero-order valence-corrected chi connectivity index (χ0v) is 20.1. The number of esters is 1. The molecule has 0 saturated carbocycles. The van der Waals surface area contributed by atoms with Crippen LogP contribution in [0.3, 0.4) is 0 Å². The molecule has 0 aliphatic carbocycles. The van der Waals surface area contributed by atoms with Gasteiger partial charge in [-0.15, -0.1) is 0 Å². The first-order valence-electron chi connectivity index (χ1n) is 10.0. The molecule has 3 rings (SSSR count). The van der Waals surface area contributed by atoms with Crippen molar-refractivity contribution >= 4 is 41.2 Å². The average molecular weight is 461 g/mol. The molecule has 0 atom stereocenters. The number of hydrogen-bond donors (Lipinski definition) is 0. The maximum Gasteiger partial charge on any atom is 0.340 e. The zero-order valence-electron chi connectivity index (χ0n) is 18.5. The summed E-state index contributed by atoms with van der Waals surface area (Å²) < 4.78 is 7.01. The molecule has 0 N–H and O–H groups in total. The number of nitrogens with zero attached hydrogens (tertiary/aromatic N) is 2. The van der Waals surface area contributed by atoms with Crippen molar-refractivity contribution in [3.63, 3.8) is 0 Å². The second-order valence-corrected chi connectivity index (χ2v) is 8.89. The maximum absolute atomic E-state index is 13.2. The van der Waals surface area contributed by atoms with Gasteiger partial charge in [0.05, 0.1) is 28.3 Å². The summed E-state index contributed by atoms with van der Waals surface area (Å²) in [6.07, 6.45) is 1.77. The minimum absolute atomic E-state index is 0.189. The van der Waals surface area contributed by atoms with E-state index in [9.17, 15) is 9.59 Å². The van der Waals surface area contributed by atoms with Gasteiger partial charge in [0.1, 0.15) is 0 Å². The molecule has 0 radical (unpaired) electrons. The maximum atomic E-state index is 13.2. The second kappa shape index (κ2) is 8.93.